The van der Waals surface area contributed by atoms with Crippen LogP contribution in [0.15, 0.2) is 264 Å². The normalized spacial score (nSPS) is 13.0. The van der Waals surface area contributed by atoms with E-state index in [2.05, 4.69) is 356 Å². The van der Waals surface area contributed by atoms with Crippen LogP contribution in [0.2, 0.25) is 0 Å². The van der Waals surface area contributed by atoms with Crippen LogP contribution in [0.3, 0.4) is 0 Å². The van der Waals surface area contributed by atoms with Gasteiger partial charge >= 0.3 is 0 Å². The molecule has 19 rings (SSSR count). The minimum Gasteiger partial charge on any atom is -0.454 e. The largest absolute Gasteiger partial charge is 0.454 e. The van der Waals surface area contributed by atoms with E-state index in [-0.39, 0.29) is 21.7 Å². The van der Waals surface area contributed by atoms with Crippen molar-refractivity contribution in [3.8, 4) is 22.3 Å². The number of hydrogen-bond acceptors (Lipinski definition) is 4. The molecule has 0 atom stereocenters. The molecule has 0 N–H and O–H groups in total. The molecular formula is C94H78N4O2. The summed E-state index contributed by atoms with van der Waals surface area (Å²) in [7, 11) is 0. The van der Waals surface area contributed by atoms with E-state index in [1.165, 1.54) is 98.4 Å². The van der Waals surface area contributed by atoms with E-state index in [4.69, 9.17) is 8.83 Å². The molecule has 6 aromatic heterocycles. The second-order valence-corrected chi connectivity index (χ2v) is 32.0. The third-order valence-electron chi connectivity index (χ3n) is 21.7. The number of rotatable bonds is 8. The highest BCUT2D eigenvalue weighted by Gasteiger charge is 2.35. The highest BCUT2D eigenvalue weighted by molar-refractivity contribution is 6.33. The number of aromatic nitrogens is 2. The number of benzene rings is 13. The van der Waals surface area contributed by atoms with Gasteiger partial charge in [0.2, 0.25) is 0 Å². The van der Waals surface area contributed by atoms with Gasteiger partial charge in [-0.2, -0.15) is 0 Å². The maximum Gasteiger partial charge on any atom is 0.159 e. The molecule has 19 aromatic rings. The Kier molecular flexibility index (Phi) is 12.6. The Morgan fingerprint density at radius 1 is 0.240 bits per heavy atom. The molecule has 486 valence electrons. The van der Waals surface area contributed by atoms with Crippen molar-refractivity contribution < 1.29 is 8.83 Å². The molecule has 0 amide bonds. The molecule has 13 aromatic carbocycles. The molecular weight excluding hydrogens is 1220 g/mol. The van der Waals surface area contributed by atoms with Crippen molar-refractivity contribution >= 4 is 154 Å². The first kappa shape index (κ1) is 59.9. The van der Waals surface area contributed by atoms with E-state index >= 15 is 0 Å². The Labute approximate surface area is 582 Å². The minimum atomic E-state index is -0.216. The fourth-order valence-corrected chi connectivity index (χ4v) is 17.2. The summed E-state index contributed by atoms with van der Waals surface area (Å²) in [5.74, 6) is 0. The van der Waals surface area contributed by atoms with Gasteiger partial charge in [-0.25, -0.2) is 0 Å². The van der Waals surface area contributed by atoms with Gasteiger partial charge in [0.25, 0.3) is 0 Å². The van der Waals surface area contributed by atoms with Gasteiger partial charge in [-0.1, -0.05) is 289 Å². The molecule has 0 saturated carbocycles. The average molecular weight is 1300 g/mol. The lowest BCUT2D eigenvalue weighted by molar-refractivity contribution is 0.572. The van der Waals surface area contributed by atoms with Crippen LogP contribution in [0.1, 0.15) is 105 Å². The summed E-state index contributed by atoms with van der Waals surface area (Å²) < 4.78 is 20.1. The average Bonchev–Trinajstić information content (AvgIpc) is 1.51. The van der Waals surface area contributed by atoms with Crippen LogP contribution in [0.4, 0.5) is 34.1 Å². The van der Waals surface area contributed by atoms with Crippen molar-refractivity contribution in [3.05, 3.63) is 277 Å². The molecule has 100 heavy (non-hydrogen) atoms. The van der Waals surface area contributed by atoms with Gasteiger partial charge in [0.15, 0.2) is 11.2 Å². The quantitative estimate of drug-likeness (QED) is 0.152. The Balaban J connectivity index is 0.935. The Morgan fingerprint density at radius 2 is 0.560 bits per heavy atom. The number of furan rings is 2. The molecule has 0 radical (unpaired) electrons. The lowest BCUT2D eigenvalue weighted by atomic mass is 9.85. The lowest BCUT2D eigenvalue weighted by Crippen LogP contribution is -2.12. The van der Waals surface area contributed by atoms with Crippen molar-refractivity contribution in [1.29, 1.82) is 0 Å². The fourth-order valence-electron chi connectivity index (χ4n) is 17.2. The molecule has 0 bridgehead atoms. The highest BCUT2D eigenvalue weighted by Crippen LogP contribution is 2.57. The number of para-hydroxylation sites is 8. The summed E-state index contributed by atoms with van der Waals surface area (Å²) >= 11 is 0. The Bertz CT molecular complexity index is 6170. The number of fused-ring (bicyclic) bond motifs is 18. The van der Waals surface area contributed by atoms with Gasteiger partial charge in [0.1, 0.15) is 11.2 Å². The third kappa shape index (κ3) is 8.55. The molecule has 0 saturated heterocycles. The lowest BCUT2D eigenvalue weighted by Gasteiger charge is -2.29. The van der Waals surface area contributed by atoms with Crippen LogP contribution in [0.25, 0.3) is 142 Å². The number of hydrogen-bond donors (Lipinski definition) is 0. The van der Waals surface area contributed by atoms with Crippen LogP contribution < -0.4 is 9.80 Å². The predicted octanol–water partition coefficient (Wildman–Crippen LogP) is 27.2. The number of nitrogens with zero attached hydrogens (tertiary/aromatic N) is 4. The Hall–Kier alpha value is -11.3. The van der Waals surface area contributed by atoms with Crippen molar-refractivity contribution in [2.24, 2.45) is 0 Å². The monoisotopic (exact) mass is 1290 g/mol. The molecule has 0 aliphatic heterocycles. The molecule has 6 heteroatoms. The third-order valence-corrected chi connectivity index (χ3v) is 21.7. The maximum absolute atomic E-state index is 7.39. The summed E-state index contributed by atoms with van der Waals surface area (Å²) in [5.41, 5.74) is 25.8. The highest BCUT2D eigenvalue weighted by atomic mass is 16.3. The standard InChI is InChI=1S/C94H78N4O2/c1-91(2,3)69-41-25-39-65-81-75(95(73-45-21-19-33-57(73)55-29-15-13-16-30-55)77-47-27-37-63-61-35-23-43-71(93(7,8)9)87(61)99-89(63)77)51-49-59-67-54-80-68(53-79(67)97(83(65)69)85(59)81)60-50-52-76(82-66-40-26-42-70(92(4,5)6)84(66)98(80)86(60)82)96(74-46-22-20-34-58(74)56-31-17-14-18-32-56)78-48-28-38-64-62-36-24-44-72(94(10,11)12)88(62)100-90(64)78/h13-54H,1-12H3. The summed E-state index contributed by atoms with van der Waals surface area (Å²) in [6.45, 7) is 27.9. The molecule has 0 spiro atoms. The van der Waals surface area contributed by atoms with E-state index in [0.29, 0.717) is 0 Å². The maximum atomic E-state index is 7.39. The summed E-state index contributed by atoms with van der Waals surface area (Å²) in [5, 5.41) is 14.1. The van der Waals surface area contributed by atoms with Crippen LogP contribution in [0.5, 0.6) is 0 Å². The van der Waals surface area contributed by atoms with Crippen LogP contribution in [0, 0.1) is 0 Å². The van der Waals surface area contributed by atoms with Gasteiger partial charge < -0.3 is 27.4 Å². The molecule has 0 fully saturated rings. The molecule has 0 unspecified atom stereocenters. The smallest absolute Gasteiger partial charge is 0.159 e. The zero-order valence-corrected chi connectivity index (χ0v) is 58.9. The molecule has 6 heterocycles. The minimum absolute atomic E-state index is 0.146. The van der Waals surface area contributed by atoms with E-state index in [1.807, 2.05) is 0 Å². The van der Waals surface area contributed by atoms with Gasteiger partial charge in [-0.05, 0) is 92.4 Å². The Morgan fingerprint density at radius 3 is 0.940 bits per heavy atom. The van der Waals surface area contributed by atoms with E-state index in [1.54, 1.807) is 0 Å². The fraction of sp³-hybridized carbons (Fsp3) is 0.170. The van der Waals surface area contributed by atoms with Crippen LogP contribution in [-0.4, -0.2) is 8.80 Å². The van der Waals surface area contributed by atoms with E-state index in [9.17, 15) is 0 Å². The summed E-state index contributed by atoms with van der Waals surface area (Å²) in [6.07, 6.45) is 0. The van der Waals surface area contributed by atoms with Crippen molar-refractivity contribution in [2.45, 2.75) is 105 Å². The van der Waals surface area contributed by atoms with Gasteiger partial charge in [-0.15, -0.1) is 0 Å². The summed E-state index contributed by atoms with van der Waals surface area (Å²) in [4.78, 5) is 5.03. The van der Waals surface area contributed by atoms with E-state index in [0.717, 1.165) is 100 Å². The van der Waals surface area contributed by atoms with Crippen molar-refractivity contribution in [3.63, 3.8) is 0 Å². The summed E-state index contributed by atoms with van der Waals surface area (Å²) in [6, 6.07) is 95.1. The van der Waals surface area contributed by atoms with Gasteiger partial charge in [0.05, 0.1) is 67.2 Å². The molecule has 0 aliphatic carbocycles. The first-order valence-electron chi connectivity index (χ1n) is 35.4. The zero-order chi connectivity index (χ0) is 68.2. The first-order chi connectivity index (χ1) is 48.2. The van der Waals surface area contributed by atoms with Gasteiger partial charge in [-0.3, -0.25) is 0 Å². The van der Waals surface area contributed by atoms with Gasteiger partial charge in [0, 0.05) is 86.9 Å². The van der Waals surface area contributed by atoms with Crippen LogP contribution in [-0.2, 0) is 21.7 Å². The predicted molar refractivity (Wildman–Crippen MR) is 425 cm³/mol. The first-order valence-corrected chi connectivity index (χ1v) is 35.4. The second-order valence-electron chi connectivity index (χ2n) is 32.0. The topological polar surface area (TPSA) is 41.6 Å². The SMILES string of the molecule is CC(C)(C)c1cccc2c1oc1c(N(c3ccccc3-c3ccccc3)c3ccc4c5cc6c(cc5n5c7c(C(C)(C)C)cccc7c3c45)c3ccc(N(c4ccccc4-c4ccccc4)c4cccc5c4oc4c(C(C)(C)C)cccc45)c4c5cccc(C(C)(C)C)c5n6c34)cccc12. The van der Waals surface area contributed by atoms with Crippen molar-refractivity contribution in [1.82, 2.24) is 8.80 Å². The van der Waals surface area contributed by atoms with Crippen molar-refractivity contribution in [2.75, 3.05) is 9.80 Å². The number of anilines is 6. The zero-order valence-electron chi connectivity index (χ0n) is 58.9. The molecule has 0 aliphatic rings. The molecule has 6 nitrogen and oxygen atoms in total. The second kappa shape index (κ2) is 21.1. The van der Waals surface area contributed by atoms with E-state index < -0.39 is 0 Å². The van der Waals surface area contributed by atoms with Crippen LogP contribution >= 0.6 is 0 Å².